The molecule has 2 rings (SSSR count). The van der Waals surface area contributed by atoms with E-state index in [-0.39, 0.29) is 17.1 Å². The van der Waals surface area contributed by atoms with Crippen LogP contribution in [0, 0.1) is 11.6 Å². The van der Waals surface area contributed by atoms with Gasteiger partial charge in [0, 0.05) is 24.9 Å². The molecule has 2 aromatic rings. The van der Waals surface area contributed by atoms with Gasteiger partial charge in [0.1, 0.15) is 16.7 Å². The molecule has 8 heteroatoms. The molecule has 0 unspecified atom stereocenters. The molecule has 0 saturated heterocycles. The molecule has 1 aromatic carbocycles. The van der Waals surface area contributed by atoms with Gasteiger partial charge in [-0.05, 0) is 32.0 Å². The Kier molecular flexibility index (Phi) is 12.3. The Bertz CT molecular complexity index is 838. The van der Waals surface area contributed by atoms with E-state index in [0.29, 0.717) is 18.3 Å². The Morgan fingerprint density at radius 3 is 2.53 bits per heavy atom. The van der Waals surface area contributed by atoms with Crippen molar-refractivity contribution in [2.75, 3.05) is 17.2 Å². The molecule has 5 nitrogen and oxygen atoms in total. The molecule has 1 aromatic heterocycles. The van der Waals surface area contributed by atoms with Crippen LogP contribution in [0.4, 0.5) is 20.5 Å². The molecule has 0 radical (unpaired) electrons. The van der Waals surface area contributed by atoms with Crippen LogP contribution in [0.5, 0.6) is 0 Å². The molecule has 0 aliphatic rings. The van der Waals surface area contributed by atoms with Crippen molar-refractivity contribution in [3.05, 3.63) is 58.4 Å². The number of halogens is 3. The van der Waals surface area contributed by atoms with Gasteiger partial charge < -0.3 is 10.6 Å². The number of rotatable bonds is 9. The highest BCUT2D eigenvalue weighted by Crippen LogP contribution is 2.21. The highest BCUT2D eigenvalue weighted by Gasteiger charge is 2.09. The molecular formula is C22H30ClF2N5. The third kappa shape index (κ3) is 9.31. The van der Waals surface area contributed by atoms with E-state index in [1.807, 2.05) is 19.9 Å². The van der Waals surface area contributed by atoms with Crippen LogP contribution < -0.4 is 10.6 Å². The lowest BCUT2D eigenvalue weighted by Gasteiger charge is -2.11. The lowest BCUT2D eigenvalue weighted by Crippen LogP contribution is -2.09. The van der Waals surface area contributed by atoms with E-state index in [0.717, 1.165) is 23.9 Å². The molecule has 30 heavy (non-hydrogen) atoms. The average molecular weight is 438 g/mol. The van der Waals surface area contributed by atoms with Gasteiger partial charge in [-0.2, -0.15) is 4.98 Å². The number of benzene rings is 1. The second-order valence-electron chi connectivity index (χ2n) is 6.33. The predicted octanol–water partition coefficient (Wildman–Crippen LogP) is 6.62. The fourth-order valence-electron chi connectivity index (χ4n) is 2.26. The fraction of sp³-hybridized carbons (Fsp3) is 0.409. The summed E-state index contributed by atoms with van der Waals surface area (Å²) in [6.07, 6.45) is 9.00. The smallest absolute Gasteiger partial charge is 0.229 e. The molecule has 0 aliphatic carbocycles. The van der Waals surface area contributed by atoms with Crippen LogP contribution in [0.3, 0.4) is 0 Å². The molecule has 0 amide bonds. The Labute approximate surface area is 182 Å². The lowest BCUT2D eigenvalue weighted by atomic mass is 10.2. The van der Waals surface area contributed by atoms with Gasteiger partial charge in [-0.25, -0.2) is 13.8 Å². The van der Waals surface area contributed by atoms with Gasteiger partial charge in [-0.1, -0.05) is 50.8 Å². The topological polar surface area (TPSA) is 62.2 Å². The molecule has 0 fully saturated rings. The summed E-state index contributed by atoms with van der Waals surface area (Å²) in [4.78, 5) is 12.5. The first-order valence-corrected chi connectivity index (χ1v) is 10.5. The highest BCUT2D eigenvalue weighted by atomic mass is 35.5. The number of unbranched alkanes of at least 4 members (excludes halogenated alkanes) is 2. The van der Waals surface area contributed by atoms with E-state index in [1.54, 1.807) is 6.21 Å². The fourth-order valence-corrected chi connectivity index (χ4v) is 2.42. The summed E-state index contributed by atoms with van der Waals surface area (Å²) in [6.45, 7) is 8.90. The van der Waals surface area contributed by atoms with Crippen molar-refractivity contribution in [3.63, 3.8) is 0 Å². The lowest BCUT2D eigenvalue weighted by molar-refractivity contribution is 0.587. The first-order chi connectivity index (χ1) is 14.4. The largest absolute Gasteiger partial charge is 0.364 e. The Morgan fingerprint density at radius 1 is 1.20 bits per heavy atom. The molecule has 2 N–H and O–H groups in total. The van der Waals surface area contributed by atoms with Crippen molar-refractivity contribution in [2.45, 2.75) is 53.5 Å². The number of nitrogens with one attached hydrogen (secondary N) is 2. The Hall–Kier alpha value is -2.54. The number of hydrogen-bond acceptors (Lipinski definition) is 5. The first kappa shape index (κ1) is 25.5. The van der Waals surface area contributed by atoms with Crippen LogP contribution in [-0.2, 0) is 6.54 Å². The maximum absolute atomic E-state index is 13.7. The minimum atomic E-state index is -0.512. The molecule has 0 bridgehead atoms. The second kappa shape index (κ2) is 14.4. The van der Waals surface area contributed by atoms with Crippen molar-refractivity contribution in [3.8, 4) is 0 Å². The molecule has 1 heterocycles. The number of nitrogens with zero attached hydrogens (tertiary/aromatic N) is 3. The predicted molar refractivity (Wildman–Crippen MR) is 122 cm³/mol. The summed E-state index contributed by atoms with van der Waals surface area (Å²) in [5.74, 6) is -0.403. The van der Waals surface area contributed by atoms with Gasteiger partial charge in [0.2, 0.25) is 5.95 Å². The van der Waals surface area contributed by atoms with Gasteiger partial charge in [0.05, 0.1) is 11.9 Å². The summed E-state index contributed by atoms with van der Waals surface area (Å²) < 4.78 is 26.9. The summed E-state index contributed by atoms with van der Waals surface area (Å²) in [5, 5.41) is 6.17. The van der Waals surface area contributed by atoms with Crippen LogP contribution >= 0.6 is 11.6 Å². The van der Waals surface area contributed by atoms with Crippen LogP contribution in [0.15, 0.2) is 41.2 Å². The van der Waals surface area contributed by atoms with E-state index in [1.165, 1.54) is 25.5 Å². The van der Waals surface area contributed by atoms with Crippen molar-refractivity contribution >= 4 is 29.6 Å². The zero-order valence-corrected chi connectivity index (χ0v) is 18.7. The summed E-state index contributed by atoms with van der Waals surface area (Å²) in [6, 6.07) is 3.26. The van der Waals surface area contributed by atoms with Gasteiger partial charge in [-0.3, -0.25) is 4.99 Å². The van der Waals surface area contributed by atoms with Crippen LogP contribution in [0.25, 0.3) is 0 Å². The minimum absolute atomic E-state index is 0.0353. The number of aromatic nitrogens is 2. The molecule has 0 aliphatic heterocycles. The van der Waals surface area contributed by atoms with Crippen LogP contribution in [-0.4, -0.2) is 22.7 Å². The van der Waals surface area contributed by atoms with Crippen molar-refractivity contribution in [1.82, 2.24) is 9.97 Å². The number of hydrogen-bond donors (Lipinski definition) is 2. The normalized spacial score (nSPS) is 11.2. The summed E-state index contributed by atoms with van der Waals surface area (Å²) >= 11 is 6.06. The molecule has 164 valence electrons. The molecule has 0 saturated carbocycles. The van der Waals surface area contributed by atoms with Gasteiger partial charge in [-0.15, -0.1) is 0 Å². The van der Waals surface area contributed by atoms with Crippen molar-refractivity contribution in [1.29, 1.82) is 0 Å². The SMILES string of the molecule is C/C=C(\C=NCC)Nc1ncc(Cl)c(NCc2cc(F)ccc2F)n1.CCCCC. The standard InChI is InChI=1S/C17H18ClF2N5.C5H12/c1-3-13(9-21-4-2)24-17-23-10-14(18)16(25-17)22-8-11-7-12(19)5-6-15(11)20;1-3-5-4-2/h3,5-7,9-10H,4,8H2,1-2H3,(H2,22,23,24,25);3-5H2,1-2H3/b13-3+,21-9?;. The second-order valence-corrected chi connectivity index (χ2v) is 6.74. The van der Waals surface area contributed by atoms with E-state index < -0.39 is 11.6 Å². The highest BCUT2D eigenvalue weighted by molar-refractivity contribution is 6.32. The molecular weight excluding hydrogens is 408 g/mol. The van der Waals surface area contributed by atoms with E-state index in [2.05, 4.69) is 39.4 Å². The van der Waals surface area contributed by atoms with Crippen molar-refractivity contribution < 1.29 is 8.78 Å². The quantitative estimate of drug-likeness (QED) is 0.432. The zero-order chi connectivity index (χ0) is 22.4. The third-order valence-electron chi connectivity index (χ3n) is 3.89. The Morgan fingerprint density at radius 2 is 1.93 bits per heavy atom. The number of aliphatic imine (C=N–C) groups is 1. The van der Waals surface area contributed by atoms with Crippen molar-refractivity contribution in [2.24, 2.45) is 4.99 Å². The minimum Gasteiger partial charge on any atom is -0.364 e. The van der Waals surface area contributed by atoms with Gasteiger partial charge in [0.15, 0.2) is 5.82 Å². The number of allylic oxidation sites excluding steroid dienone is 2. The first-order valence-electron chi connectivity index (χ1n) is 10.1. The van der Waals surface area contributed by atoms with Crippen LogP contribution in [0.1, 0.15) is 52.5 Å². The van der Waals surface area contributed by atoms with E-state index >= 15 is 0 Å². The maximum atomic E-state index is 13.7. The monoisotopic (exact) mass is 437 g/mol. The summed E-state index contributed by atoms with van der Waals surface area (Å²) in [5.41, 5.74) is 0.903. The zero-order valence-electron chi connectivity index (χ0n) is 18.0. The van der Waals surface area contributed by atoms with Gasteiger partial charge >= 0.3 is 0 Å². The molecule has 0 atom stereocenters. The molecule has 0 spiro atoms. The summed E-state index contributed by atoms with van der Waals surface area (Å²) in [7, 11) is 0. The maximum Gasteiger partial charge on any atom is 0.229 e. The van der Waals surface area contributed by atoms with E-state index in [9.17, 15) is 8.78 Å². The van der Waals surface area contributed by atoms with Crippen LogP contribution in [0.2, 0.25) is 5.02 Å². The Balaban J connectivity index is 0.000000804. The van der Waals surface area contributed by atoms with Gasteiger partial charge in [0.25, 0.3) is 0 Å². The number of anilines is 2. The average Bonchev–Trinajstić information content (AvgIpc) is 2.74. The van der Waals surface area contributed by atoms with E-state index in [4.69, 9.17) is 11.6 Å². The third-order valence-corrected chi connectivity index (χ3v) is 4.16.